The quantitative estimate of drug-likeness (QED) is 0.537. The van der Waals surface area contributed by atoms with Gasteiger partial charge in [0.05, 0.1) is 12.6 Å². The van der Waals surface area contributed by atoms with Crippen LogP contribution in [0.2, 0.25) is 0 Å². The Balaban J connectivity index is 1.63. The number of rotatable bonds is 6. The number of hydrogen-bond donors (Lipinski definition) is 1. The standard InChI is InChI=1S/C28H31N5O3/c1-20-16-33(21(2)19-34)28(35)25-14-24(5-4-22-6-10-29-11-7-22)15-31-27(25)36-26(20)18-32(3)17-23-8-12-30-13-9-23/h6-15,20-21,26,34H,16-19H2,1-3H3/t20-,21-,26+/m0/s1. The molecule has 4 heterocycles. The zero-order valence-corrected chi connectivity index (χ0v) is 20.8. The Bertz CT molecular complexity index is 1230. The fourth-order valence-corrected chi connectivity index (χ4v) is 4.14. The van der Waals surface area contributed by atoms with Gasteiger partial charge in [-0.1, -0.05) is 18.8 Å². The van der Waals surface area contributed by atoms with Crippen molar-refractivity contribution in [2.45, 2.75) is 32.5 Å². The normalized spacial score (nSPS) is 18.4. The van der Waals surface area contributed by atoms with Crippen LogP contribution in [0, 0.1) is 17.8 Å². The van der Waals surface area contributed by atoms with Gasteiger partial charge in [-0.05, 0) is 49.9 Å². The van der Waals surface area contributed by atoms with Crippen LogP contribution in [-0.4, -0.2) is 74.7 Å². The maximum Gasteiger partial charge on any atom is 0.259 e. The molecule has 0 aliphatic carbocycles. The third-order valence-electron chi connectivity index (χ3n) is 6.25. The molecule has 1 aliphatic rings. The average Bonchev–Trinajstić information content (AvgIpc) is 2.90. The zero-order chi connectivity index (χ0) is 25.5. The van der Waals surface area contributed by atoms with Gasteiger partial charge in [0, 0.05) is 67.7 Å². The van der Waals surface area contributed by atoms with Crippen molar-refractivity contribution < 1.29 is 14.6 Å². The molecule has 0 unspecified atom stereocenters. The molecule has 3 aromatic rings. The monoisotopic (exact) mass is 485 g/mol. The summed E-state index contributed by atoms with van der Waals surface area (Å²) in [5, 5.41) is 9.86. The van der Waals surface area contributed by atoms with E-state index in [4.69, 9.17) is 4.74 Å². The summed E-state index contributed by atoms with van der Waals surface area (Å²) in [6, 6.07) is 9.01. The minimum atomic E-state index is -0.340. The molecule has 0 bridgehead atoms. The van der Waals surface area contributed by atoms with Crippen LogP contribution in [0.1, 0.15) is 40.9 Å². The van der Waals surface area contributed by atoms with Crippen LogP contribution in [0.4, 0.5) is 0 Å². The zero-order valence-electron chi connectivity index (χ0n) is 20.8. The molecule has 1 N–H and O–H groups in total. The van der Waals surface area contributed by atoms with Crippen LogP contribution in [0.5, 0.6) is 5.88 Å². The number of aliphatic hydroxyl groups is 1. The van der Waals surface area contributed by atoms with Gasteiger partial charge in [0.1, 0.15) is 11.7 Å². The van der Waals surface area contributed by atoms with Crippen LogP contribution < -0.4 is 4.74 Å². The largest absolute Gasteiger partial charge is 0.472 e. The second kappa shape index (κ2) is 11.8. The summed E-state index contributed by atoms with van der Waals surface area (Å²) >= 11 is 0. The number of hydrogen-bond acceptors (Lipinski definition) is 7. The molecule has 0 radical (unpaired) electrons. The van der Waals surface area contributed by atoms with E-state index in [2.05, 4.69) is 38.6 Å². The molecule has 8 nitrogen and oxygen atoms in total. The maximum atomic E-state index is 13.6. The van der Waals surface area contributed by atoms with Crippen molar-refractivity contribution >= 4 is 5.91 Å². The fraction of sp³-hybridized carbons (Fsp3) is 0.357. The Morgan fingerprint density at radius 1 is 1.14 bits per heavy atom. The highest BCUT2D eigenvalue weighted by Crippen LogP contribution is 2.27. The third kappa shape index (κ3) is 6.25. The van der Waals surface area contributed by atoms with Gasteiger partial charge in [0.25, 0.3) is 5.91 Å². The molecule has 0 aromatic carbocycles. The van der Waals surface area contributed by atoms with E-state index >= 15 is 0 Å². The number of carbonyl (C=O) groups excluding carboxylic acids is 1. The highest BCUT2D eigenvalue weighted by molar-refractivity contribution is 5.97. The smallest absolute Gasteiger partial charge is 0.259 e. The van der Waals surface area contributed by atoms with Crippen LogP contribution >= 0.6 is 0 Å². The molecule has 0 saturated carbocycles. The Hall–Kier alpha value is -3.80. The van der Waals surface area contributed by atoms with Crippen LogP contribution in [0.25, 0.3) is 0 Å². The lowest BCUT2D eigenvalue weighted by molar-refractivity contribution is 0.0325. The van der Waals surface area contributed by atoms with Gasteiger partial charge in [0.2, 0.25) is 5.88 Å². The van der Waals surface area contributed by atoms with E-state index in [1.54, 1.807) is 42.0 Å². The second-order valence-corrected chi connectivity index (χ2v) is 9.24. The summed E-state index contributed by atoms with van der Waals surface area (Å²) in [6.07, 6.45) is 8.35. The first-order chi connectivity index (χ1) is 17.4. The lowest BCUT2D eigenvalue weighted by atomic mass is 9.99. The maximum absolute atomic E-state index is 13.6. The summed E-state index contributed by atoms with van der Waals surface area (Å²) in [5.74, 6) is 6.24. The first-order valence-electron chi connectivity index (χ1n) is 12.0. The summed E-state index contributed by atoms with van der Waals surface area (Å²) in [6.45, 7) is 5.63. The number of amides is 1. The predicted molar refractivity (Wildman–Crippen MR) is 136 cm³/mol. The molecule has 186 valence electrons. The number of ether oxygens (including phenoxy) is 1. The molecular weight excluding hydrogens is 454 g/mol. The van der Waals surface area contributed by atoms with Crippen molar-refractivity contribution in [1.29, 1.82) is 0 Å². The Labute approximate surface area is 212 Å². The Morgan fingerprint density at radius 3 is 2.50 bits per heavy atom. The van der Waals surface area contributed by atoms with Crippen LogP contribution in [-0.2, 0) is 6.54 Å². The molecule has 36 heavy (non-hydrogen) atoms. The molecule has 0 fully saturated rings. The van der Waals surface area contributed by atoms with E-state index in [0.29, 0.717) is 30.1 Å². The van der Waals surface area contributed by atoms with Crippen molar-refractivity contribution in [2.75, 3.05) is 26.7 Å². The van der Waals surface area contributed by atoms with E-state index < -0.39 is 0 Å². The van der Waals surface area contributed by atoms with Crippen LogP contribution in [0.3, 0.4) is 0 Å². The molecule has 4 rings (SSSR count). The van der Waals surface area contributed by atoms with Gasteiger partial charge >= 0.3 is 0 Å². The minimum absolute atomic E-state index is 0.0175. The highest BCUT2D eigenvalue weighted by atomic mass is 16.5. The lowest BCUT2D eigenvalue weighted by Crippen LogP contribution is -2.49. The van der Waals surface area contributed by atoms with Gasteiger partial charge < -0.3 is 14.7 Å². The van der Waals surface area contributed by atoms with Crippen molar-refractivity contribution in [1.82, 2.24) is 24.8 Å². The van der Waals surface area contributed by atoms with Crippen molar-refractivity contribution in [3.05, 3.63) is 83.6 Å². The Morgan fingerprint density at radius 2 is 1.81 bits per heavy atom. The van der Waals surface area contributed by atoms with E-state index in [1.807, 2.05) is 38.2 Å². The van der Waals surface area contributed by atoms with Crippen molar-refractivity contribution in [2.24, 2.45) is 5.92 Å². The van der Waals surface area contributed by atoms with Crippen molar-refractivity contribution in [3.63, 3.8) is 0 Å². The molecule has 8 heteroatoms. The molecule has 1 amide bonds. The highest BCUT2D eigenvalue weighted by Gasteiger charge is 2.34. The van der Waals surface area contributed by atoms with E-state index in [1.165, 1.54) is 0 Å². The lowest BCUT2D eigenvalue weighted by Gasteiger charge is -2.37. The third-order valence-corrected chi connectivity index (χ3v) is 6.25. The van der Waals surface area contributed by atoms with Crippen LogP contribution in [0.15, 0.2) is 61.3 Å². The number of aliphatic hydroxyl groups excluding tert-OH is 1. The molecule has 0 saturated heterocycles. The number of pyridine rings is 3. The molecule has 1 aliphatic heterocycles. The van der Waals surface area contributed by atoms with Gasteiger partial charge in [-0.3, -0.25) is 19.7 Å². The number of nitrogens with zero attached hydrogens (tertiary/aromatic N) is 5. The van der Waals surface area contributed by atoms with Gasteiger partial charge in [-0.25, -0.2) is 4.98 Å². The van der Waals surface area contributed by atoms with Gasteiger partial charge in [-0.2, -0.15) is 0 Å². The number of carbonyl (C=O) groups is 1. The summed E-state index contributed by atoms with van der Waals surface area (Å²) in [7, 11) is 2.04. The Kier molecular flexibility index (Phi) is 8.26. The van der Waals surface area contributed by atoms with Gasteiger partial charge in [-0.15, -0.1) is 0 Å². The molecule has 0 spiro atoms. The average molecular weight is 486 g/mol. The number of likely N-dealkylation sites (N-methyl/N-ethyl adjacent to an activating group) is 1. The predicted octanol–water partition coefficient (Wildman–Crippen LogP) is 2.62. The number of fused-ring (bicyclic) bond motifs is 1. The van der Waals surface area contributed by atoms with E-state index in [-0.39, 0.29) is 30.6 Å². The topological polar surface area (TPSA) is 91.7 Å². The number of aromatic nitrogens is 3. The van der Waals surface area contributed by atoms with E-state index in [0.717, 1.165) is 17.7 Å². The summed E-state index contributed by atoms with van der Waals surface area (Å²) in [5.41, 5.74) is 2.94. The summed E-state index contributed by atoms with van der Waals surface area (Å²) < 4.78 is 6.38. The molecule has 3 aromatic heterocycles. The van der Waals surface area contributed by atoms with E-state index in [9.17, 15) is 9.90 Å². The summed E-state index contributed by atoms with van der Waals surface area (Å²) in [4.78, 5) is 30.0. The fourth-order valence-electron chi connectivity index (χ4n) is 4.14. The van der Waals surface area contributed by atoms with Gasteiger partial charge in [0.15, 0.2) is 0 Å². The second-order valence-electron chi connectivity index (χ2n) is 9.24. The SMILES string of the molecule is C[C@H]1CN([C@@H](C)CO)C(=O)c2cc(C#Cc3ccncc3)cnc2O[C@@H]1CN(C)Cc1ccncc1. The molecular formula is C28H31N5O3. The first kappa shape index (κ1) is 25.3. The first-order valence-corrected chi connectivity index (χ1v) is 12.0. The molecule has 3 atom stereocenters. The van der Waals surface area contributed by atoms with Crippen molar-refractivity contribution in [3.8, 4) is 17.7 Å². The minimum Gasteiger partial charge on any atom is -0.472 e.